The molecule has 118 valence electrons. The van der Waals surface area contributed by atoms with Gasteiger partial charge in [-0.05, 0) is 17.7 Å². The molecule has 0 spiro atoms. The molecule has 0 amide bonds. The molecule has 0 aromatic carbocycles. The number of sulfonamides is 1. The molecule has 5 nitrogen and oxygen atoms in total. The van der Waals surface area contributed by atoms with Gasteiger partial charge in [0.25, 0.3) is 0 Å². The van der Waals surface area contributed by atoms with Crippen LogP contribution in [-0.4, -0.2) is 55.0 Å². The van der Waals surface area contributed by atoms with Gasteiger partial charge in [0.15, 0.2) is 0 Å². The van der Waals surface area contributed by atoms with Gasteiger partial charge >= 0.3 is 0 Å². The van der Waals surface area contributed by atoms with Crippen LogP contribution in [0.1, 0.15) is 32.0 Å². The van der Waals surface area contributed by atoms with Crippen LogP contribution in [-0.2, 0) is 22.0 Å². The summed E-state index contributed by atoms with van der Waals surface area (Å²) in [5.41, 5.74) is 2.38. The molecule has 1 aliphatic rings. The van der Waals surface area contributed by atoms with Crippen LogP contribution < -0.4 is 0 Å². The predicted molar refractivity (Wildman–Crippen MR) is 84.6 cm³/mol. The van der Waals surface area contributed by atoms with E-state index in [0.29, 0.717) is 13.1 Å². The van der Waals surface area contributed by atoms with Crippen molar-refractivity contribution in [2.75, 3.05) is 32.4 Å². The highest BCUT2D eigenvalue weighted by Crippen LogP contribution is 2.21. The van der Waals surface area contributed by atoms with Crippen LogP contribution in [0.15, 0.2) is 18.3 Å². The van der Waals surface area contributed by atoms with Crippen molar-refractivity contribution >= 4 is 10.0 Å². The molecule has 1 aromatic heterocycles. The number of piperazine rings is 1. The summed E-state index contributed by atoms with van der Waals surface area (Å²) in [7, 11) is -3.05. The Kier molecular flexibility index (Phi) is 4.70. The molecule has 0 atom stereocenters. The number of rotatable bonds is 3. The van der Waals surface area contributed by atoms with E-state index in [0.717, 1.165) is 25.3 Å². The van der Waals surface area contributed by atoms with E-state index in [-0.39, 0.29) is 5.41 Å². The standard InChI is InChI=1S/C15H25N3O2S/c1-15(2,3)14-11-13(5-6-16-14)12-17-7-9-18(10-8-17)21(4,19)20/h5-6,11H,7-10,12H2,1-4H3. The number of pyridine rings is 1. The monoisotopic (exact) mass is 311 g/mol. The molecule has 0 radical (unpaired) electrons. The van der Waals surface area contributed by atoms with E-state index in [2.05, 4.69) is 36.7 Å². The first-order valence-electron chi connectivity index (χ1n) is 7.29. The average Bonchev–Trinajstić information content (AvgIpc) is 2.37. The molecule has 2 heterocycles. The first-order valence-corrected chi connectivity index (χ1v) is 9.14. The highest BCUT2D eigenvalue weighted by molar-refractivity contribution is 7.88. The smallest absolute Gasteiger partial charge is 0.211 e. The minimum absolute atomic E-state index is 0.0466. The Labute approximate surface area is 128 Å². The summed E-state index contributed by atoms with van der Waals surface area (Å²) in [5, 5.41) is 0. The molecule has 0 N–H and O–H groups in total. The van der Waals surface area contributed by atoms with E-state index in [9.17, 15) is 8.42 Å². The Balaban J connectivity index is 1.98. The lowest BCUT2D eigenvalue weighted by Gasteiger charge is -2.33. The number of hydrogen-bond acceptors (Lipinski definition) is 4. The molecule has 1 saturated heterocycles. The van der Waals surface area contributed by atoms with E-state index < -0.39 is 10.0 Å². The van der Waals surface area contributed by atoms with Crippen LogP contribution in [0.4, 0.5) is 0 Å². The van der Waals surface area contributed by atoms with E-state index in [1.807, 2.05) is 12.3 Å². The molecule has 0 unspecified atom stereocenters. The maximum absolute atomic E-state index is 11.5. The van der Waals surface area contributed by atoms with Crippen molar-refractivity contribution in [2.24, 2.45) is 0 Å². The zero-order valence-electron chi connectivity index (χ0n) is 13.3. The fraction of sp³-hybridized carbons (Fsp3) is 0.667. The summed E-state index contributed by atoms with van der Waals surface area (Å²) in [6, 6.07) is 4.20. The fourth-order valence-corrected chi connectivity index (χ4v) is 3.29. The highest BCUT2D eigenvalue weighted by atomic mass is 32.2. The third-order valence-corrected chi connectivity index (χ3v) is 5.10. The molecule has 2 rings (SSSR count). The average molecular weight is 311 g/mol. The van der Waals surface area contributed by atoms with E-state index >= 15 is 0 Å². The van der Waals surface area contributed by atoms with Gasteiger partial charge in [-0.25, -0.2) is 8.42 Å². The third kappa shape index (κ3) is 4.49. The normalized spacial score (nSPS) is 18.9. The second-order valence-electron chi connectivity index (χ2n) is 6.74. The van der Waals surface area contributed by atoms with Crippen molar-refractivity contribution in [1.29, 1.82) is 0 Å². The van der Waals surface area contributed by atoms with Gasteiger partial charge in [0, 0.05) is 50.0 Å². The zero-order chi connectivity index (χ0) is 15.7. The molecule has 1 aromatic rings. The van der Waals surface area contributed by atoms with E-state index in [1.54, 1.807) is 4.31 Å². The summed E-state index contributed by atoms with van der Waals surface area (Å²) in [6.07, 6.45) is 3.14. The van der Waals surface area contributed by atoms with Crippen LogP contribution in [0.2, 0.25) is 0 Å². The van der Waals surface area contributed by atoms with Gasteiger partial charge in [-0.2, -0.15) is 4.31 Å². The zero-order valence-corrected chi connectivity index (χ0v) is 14.2. The second kappa shape index (κ2) is 6.02. The van der Waals surface area contributed by atoms with Gasteiger partial charge in [-0.1, -0.05) is 20.8 Å². The maximum atomic E-state index is 11.5. The molecular weight excluding hydrogens is 286 g/mol. The van der Waals surface area contributed by atoms with Gasteiger partial charge in [-0.3, -0.25) is 9.88 Å². The highest BCUT2D eigenvalue weighted by Gasteiger charge is 2.23. The Hall–Kier alpha value is -0.980. The van der Waals surface area contributed by atoms with Crippen LogP contribution >= 0.6 is 0 Å². The van der Waals surface area contributed by atoms with Crippen LogP contribution in [0, 0.1) is 0 Å². The quantitative estimate of drug-likeness (QED) is 0.848. The van der Waals surface area contributed by atoms with Gasteiger partial charge < -0.3 is 0 Å². The summed E-state index contributed by atoms with van der Waals surface area (Å²) >= 11 is 0. The molecular formula is C15H25N3O2S. The second-order valence-corrected chi connectivity index (χ2v) is 8.72. The van der Waals surface area contributed by atoms with Crippen molar-refractivity contribution in [2.45, 2.75) is 32.7 Å². The topological polar surface area (TPSA) is 53.5 Å². The maximum Gasteiger partial charge on any atom is 0.211 e. The lowest BCUT2D eigenvalue weighted by molar-refractivity contribution is 0.182. The van der Waals surface area contributed by atoms with E-state index in [4.69, 9.17) is 0 Å². The number of aromatic nitrogens is 1. The molecule has 21 heavy (non-hydrogen) atoms. The van der Waals surface area contributed by atoms with Gasteiger partial charge in [0.2, 0.25) is 10.0 Å². The SMILES string of the molecule is CC(C)(C)c1cc(CN2CCN(S(C)(=O)=O)CC2)ccn1. The first-order chi connectivity index (χ1) is 9.66. The van der Waals surface area contributed by atoms with E-state index in [1.165, 1.54) is 11.8 Å². The Morgan fingerprint density at radius 2 is 1.81 bits per heavy atom. The summed E-state index contributed by atoms with van der Waals surface area (Å²) in [4.78, 5) is 6.74. The van der Waals surface area contributed by atoms with Gasteiger partial charge in [0.1, 0.15) is 0 Å². The van der Waals surface area contributed by atoms with Crippen molar-refractivity contribution in [1.82, 2.24) is 14.2 Å². The van der Waals surface area contributed by atoms with Crippen molar-refractivity contribution < 1.29 is 8.42 Å². The first kappa shape index (κ1) is 16.4. The molecule has 0 saturated carbocycles. The summed E-state index contributed by atoms with van der Waals surface area (Å²) in [6.45, 7) is 10.0. The van der Waals surface area contributed by atoms with Gasteiger partial charge in [0.05, 0.1) is 6.26 Å². The Bertz CT molecular complexity index is 585. The van der Waals surface area contributed by atoms with Crippen LogP contribution in [0.25, 0.3) is 0 Å². The fourth-order valence-electron chi connectivity index (χ4n) is 2.46. The minimum Gasteiger partial charge on any atom is -0.296 e. The predicted octanol–water partition coefficient (Wildman–Crippen LogP) is 1.46. The minimum atomic E-state index is -3.05. The van der Waals surface area contributed by atoms with Gasteiger partial charge in [-0.15, -0.1) is 0 Å². The number of hydrogen-bond donors (Lipinski definition) is 0. The molecule has 1 fully saturated rings. The Morgan fingerprint density at radius 1 is 1.19 bits per heavy atom. The summed E-state index contributed by atoms with van der Waals surface area (Å²) in [5.74, 6) is 0. The lowest BCUT2D eigenvalue weighted by atomic mass is 9.91. The number of nitrogens with zero attached hydrogens (tertiary/aromatic N) is 3. The summed E-state index contributed by atoms with van der Waals surface area (Å²) < 4.78 is 24.6. The Morgan fingerprint density at radius 3 is 2.33 bits per heavy atom. The molecule has 6 heteroatoms. The third-order valence-electron chi connectivity index (χ3n) is 3.80. The molecule has 1 aliphatic heterocycles. The molecule has 0 aliphatic carbocycles. The van der Waals surface area contributed by atoms with Crippen molar-refractivity contribution in [3.05, 3.63) is 29.6 Å². The van der Waals surface area contributed by atoms with Crippen molar-refractivity contribution in [3.8, 4) is 0 Å². The van der Waals surface area contributed by atoms with Crippen molar-refractivity contribution in [3.63, 3.8) is 0 Å². The van der Waals surface area contributed by atoms with Crippen LogP contribution in [0.5, 0.6) is 0 Å². The largest absolute Gasteiger partial charge is 0.296 e. The molecule has 0 bridgehead atoms. The van der Waals surface area contributed by atoms with Crippen LogP contribution in [0.3, 0.4) is 0 Å². The lowest BCUT2D eigenvalue weighted by Crippen LogP contribution is -2.47.